The van der Waals surface area contributed by atoms with Gasteiger partial charge in [-0.3, -0.25) is 9.59 Å². The Bertz CT molecular complexity index is 1180. The molecule has 3 aliphatic rings. The van der Waals surface area contributed by atoms with E-state index in [2.05, 4.69) is 5.32 Å². The lowest BCUT2D eigenvalue weighted by Crippen LogP contribution is -2.41. The van der Waals surface area contributed by atoms with Crippen LogP contribution < -0.4 is 14.8 Å². The number of fused-ring (bicyclic) bond motifs is 1. The molecule has 0 atom stereocenters. The molecule has 5 rings (SSSR count). The minimum atomic E-state index is -3.70. The quantitative estimate of drug-likeness (QED) is 0.670. The Morgan fingerprint density at radius 3 is 2.41 bits per heavy atom. The van der Waals surface area contributed by atoms with Gasteiger partial charge < -0.3 is 19.7 Å². The summed E-state index contributed by atoms with van der Waals surface area (Å²) < 4.78 is 38.9. The van der Waals surface area contributed by atoms with E-state index in [1.165, 1.54) is 10.4 Å². The van der Waals surface area contributed by atoms with E-state index in [1.807, 2.05) is 0 Å². The minimum Gasteiger partial charge on any atom is -0.486 e. The number of piperidine rings is 1. The maximum Gasteiger partial charge on any atom is 0.254 e. The smallest absolute Gasteiger partial charge is 0.254 e. The van der Waals surface area contributed by atoms with Crippen molar-refractivity contribution in [1.82, 2.24) is 9.21 Å². The van der Waals surface area contributed by atoms with E-state index in [0.29, 0.717) is 48.8 Å². The van der Waals surface area contributed by atoms with E-state index in [1.54, 1.807) is 28.5 Å². The summed E-state index contributed by atoms with van der Waals surface area (Å²) in [5, 5.41) is 4.53. The minimum absolute atomic E-state index is 0.107. The van der Waals surface area contributed by atoms with Crippen molar-refractivity contribution in [2.75, 3.05) is 44.7 Å². The van der Waals surface area contributed by atoms with Crippen LogP contribution in [0.5, 0.6) is 11.5 Å². The van der Waals surface area contributed by atoms with Gasteiger partial charge in [-0.05, 0) is 43.9 Å². The van der Waals surface area contributed by atoms with Gasteiger partial charge in [0, 0.05) is 49.2 Å². The molecule has 0 aliphatic carbocycles. The molecule has 2 saturated heterocycles. The molecule has 1 N–H and O–H groups in total. The highest BCUT2D eigenvalue weighted by Crippen LogP contribution is 2.33. The molecular weight excluding hydrogens is 478 g/mol. The summed E-state index contributed by atoms with van der Waals surface area (Å²) in [6, 6.07) is 6.76. The van der Waals surface area contributed by atoms with Gasteiger partial charge in [0.05, 0.1) is 5.56 Å². The van der Waals surface area contributed by atoms with Crippen molar-refractivity contribution >= 4 is 38.9 Å². The van der Waals surface area contributed by atoms with Gasteiger partial charge in [-0.25, -0.2) is 8.42 Å². The van der Waals surface area contributed by atoms with Crippen LogP contribution in [0, 0.1) is 5.92 Å². The van der Waals surface area contributed by atoms with Gasteiger partial charge in [-0.2, -0.15) is 4.31 Å². The van der Waals surface area contributed by atoms with Crippen LogP contribution in [0.2, 0.25) is 0 Å². The largest absolute Gasteiger partial charge is 0.486 e. The number of rotatable bonds is 5. The van der Waals surface area contributed by atoms with Crippen molar-refractivity contribution < 1.29 is 27.5 Å². The molecule has 0 unspecified atom stereocenters. The number of hydrogen-bond acceptors (Lipinski definition) is 7. The number of carbonyl (C=O) groups excluding carboxylic acids is 2. The zero-order chi connectivity index (χ0) is 23.7. The second kappa shape index (κ2) is 9.55. The lowest BCUT2D eigenvalue weighted by molar-refractivity contribution is -0.120. The Balaban J connectivity index is 1.18. The molecule has 34 heavy (non-hydrogen) atoms. The Morgan fingerprint density at radius 1 is 0.971 bits per heavy atom. The molecule has 0 spiro atoms. The standard InChI is InChI=1S/C23H27N3O6S2/c27-22(24-18-3-4-19-20(14-18)32-12-11-31-19)16-5-9-26(10-6-16)34(29,30)21-13-17(15-33-21)23(28)25-7-1-2-8-25/h3-4,13-16H,1-2,5-12H2,(H,24,27). The second-order valence-corrected chi connectivity index (χ2v) is 11.8. The van der Waals surface area contributed by atoms with Crippen LogP contribution >= 0.6 is 11.3 Å². The molecule has 9 nitrogen and oxygen atoms in total. The number of hydrogen-bond donors (Lipinski definition) is 1. The highest BCUT2D eigenvalue weighted by molar-refractivity contribution is 7.91. The number of ether oxygens (including phenoxy) is 2. The van der Waals surface area contributed by atoms with Crippen LogP contribution in [-0.2, 0) is 14.8 Å². The third-order valence-electron chi connectivity index (χ3n) is 6.44. The maximum atomic E-state index is 13.1. The molecule has 1 aromatic carbocycles. The molecule has 4 heterocycles. The normalized spacial score (nSPS) is 19.2. The number of amides is 2. The van der Waals surface area contributed by atoms with Gasteiger partial charge in [0.2, 0.25) is 5.91 Å². The van der Waals surface area contributed by atoms with Crippen LogP contribution in [0.4, 0.5) is 5.69 Å². The first-order chi connectivity index (χ1) is 16.4. The molecule has 11 heteroatoms. The first kappa shape index (κ1) is 23.1. The fraction of sp³-hybridized carbons (Fsp3) is 0.478. The Morgan fingerprint density at radius 2 is 1.68 bits per heavy atom. The molecule has 1 aromatic heterocycles. The van der Waals surface area contributed by atoms with Crippen molar-refractivity contribution in [3.8, 4) is 11.5 Å². The highest BCUT2D eigenvalue weighted by Gasteiger charge is 2.34. The SMILES string of the molecule is O=C(Nc1ccc2c(c1)OCCO2)C1CCN(S(=O)(=O)c2cc(C(=O)N3CCCC3)cs2)CC1. The molecule has 3 aliphatic heterocycles. The maximum absolute atomic E-state index is 13.1. The summed E-state index contributed by atoms with van der Waals surface area (Å²) in [4.78, 5) is 27.1. The Kier molecular flexibility index (Phi) is 6.50. The summed E-state index contributed by atoms with van der Waals surface area (Å²) in [5.41, 5.74) is 1.05. The third-order valence-corrected chi connectivity index (χ3v) is 9.76. The highest BCUT2D eigenvalue weighted by atomic mass is 32.2. The fourth-order valence-electron chi connectivity index (χ4n) is 4.52. The second-order valence-electron chi connectivity index (χ2n) is 8.68. The first-order valence-electron chi connectivity index (χ1n) is 11.5. The van der Waals surface area contributed by atoms with Gasteiger partial charge in [-0.1, -0.05) is 0 Å². The van der Waals surface area contributed by atoms with Crippen LogP contribution in [0.15, 0.2) is 33.9 Å². The van der Waals surface area contributed by atoms with E-state index >= 15 is 0 Å². The van der Waals surface area contributed by atoms with Crippen LogP contribution in [0.1, 0.15) is 36.0 Å². The van der Waals surface area contributed by atoms with Crippen LogP contribution in [0.25, 0.3) is 0 Å². The lowest BCUT2D eigenvalue weighted by atomic mass is 9.97. The molecule has 2 fully saturated rings. The summed E-state index contributed by atoms with van der Waals surface area (Å²) >= 11 is 1.08. The zero-order valence-corrected chi connectivity index (χ0v) is 20.3. The monoisotopic (exact) mass is 505 g/mol. The van der Waals surface area contributed by atoms with E-state index in [0.717, 1.165) is 37.3 Å². The van der Waals surface area contributed by atoms with Crippen LogP contribution in [0.3, 0.4) is 0 Å². The summed E-state index contributed by atoms with van der Waals surface area (Å²) in [6.07, 6.45) is 2.83. The van der Waals surface area contributed by atoms with Crippen molar-refractivity contribution in [2.24, 2.45) is 5.92 Å². The molecule has 182 valence electrons. The molecule has 2 amide bonds. The summed E-state index contributed by atoms with van der Waals surface area (Å²) in [6.45, 7) is 2.93. The van der Waals surface area contributed by atoms with Gasteiger partial charge in [0.1, 0.15) is 17.4 Å². The van der Waals surface area contributed by atoms with Gasteiger partial charge in [-0.15, -0.1) is 11.3 Å². The average molecular weight is 506 g/mol. The zero-order valence-electron chi connectivity index (χ0n) is 18.7. The number of benzene rings is 1. The van der Waals surface area contributed by atoms with E-state index in [4.69, 9.17) is 9.47 Å². The summed E-state index contributed by atoms with van der Waals surface area (Å²) in [7, 11) is -3.70. The first-order valence-corrected chi connectivity index (χ1v) is 13.8. The van der Waals surface area contributed by atoms with Gasteiger partial charge >= 0.3 is 0 Å². The molecule has 0 radical (unpaired) electrons. The number of anilines is 1. The third kappa shape index (κ3) is 4.64. The van der Waals surface area contributed by atoms with Crippen molar-refractivity contribution in [2.45, 2.75) is 29.9 Å². The predicted octanol–water partition coefficient (Wildman–Crippen LogP) is 2.79. The Labute approximate surface area is 202 Å². The van der Waals surface area contributed by atoms with E-state index in [-0.39, 0.29) is 35.0 Å². The van der Waals surface area contributed by atoms with Crippen molar-refractivity contribution in [1.29, 1.82) is 0 Å². The number of thiophene rings is 1. The van der Waals surface area contributed by atoms with Gasteiger partial charge in [0.15, 0.2) is 11.5 Å². The number of sulfonamides is 1. The summed E-state index contributed by atoms with van der Waals surface area (Å²) in [5.74, 6) is 0.730. The molecular formula is C23H27N3O6S2. The number of carbonyl (C=O) groups is 2. The fourth-order valence-corrected chi connectivity index (χ4v) is 7.29. The number of nitrogens with zero attached hydrogens (tertiary/aromatic N) is 2. The number of likely N-dealkylation sites (tertiary alicyclic amines) is 1. The average Bonchev–Trinajstić information content (AvgIpc) is 3.57. The van der Waals surface area contributed by atoms with E-state index in [9.17, 15) is 18.0 Å². The predicted molar refractivity (Wildman–Crippen MR) is 127 cm³/mol. The van der Waals surface area contributed by atoms with Gasteiger partial charge in [0.25, 0.3) is 15.9 Å². The Hall–Kier alpha value is -2.63. The van der Waals surface area contributed by atoms with Crippen molar-refractivity contribution in [3.05, 3.63) is 35.2 Å². The molecule has 2 aromatic rings. The lowest BCUT2D eigenvalue weighted by Gasteiger charge is -2.30. The van der Waals surface area contributed by atoms with E-state index < -0.39 is 10.0 Å². The molecule has 0 bridgehead atoms. The van der Waals surface area contributed by atoms with Crippen molar-refractivity contribution in [3.63, 3.8) is 0 Å². The molecule has 0 saturated carbocycles. The number of nitrogens with one attached hydrogen (secondary N) is 1. The topological polar surface area (TPSA) is 105 Å². The van der Waals surface area contributed by atoms with Crippen LogP contribution in [-0.4, -0.2) is 68.8 Å².